The summed E-state index contributed by atoms with van der Waals surface area (Å²) < 4.78 is 9.46. The molecule has 0 saturated carbocycles. The van der Waals surface area contributed by atoms with Crippen LogP contribution in [0.4, 0.5) is 0 Å². The van der Waals surface area contributed by atoms with Crippen molar-refractivity contribution in [2.24, 2.45) is 7.05 Å². The highest BCUT2D eigenvalue weighted by Crippen LogP contribution is 2.20. The molecule has 0 aliphatic rings. The molecule has 4 aromatic rings. The summed E-state index contributed by atoms with van der Waals surface area (Å²) in [6.45, 7) is 4.62. The van der Waals surface area contributed by atoms with Gasteiger partial charge in [0.25, 0.3) is 5.56 Å². The van der Waals surface area contributed by atoms with Crippen LogP contribution in [0.25, 0.3) is 16.7 Å². The Labute approximate surface area is 161 Å². The van der Waals surface area contributed by atoms with E-state index in [9.17, 15) is 4.79 Å². The van der Waals surface area contributed by atoms with E-state index >= 15 is 0 Å². The van der Waals surface area contributed by atoms with Gasteiger partial charge < -0.3 is 9.30 Å². The summed E-state index contributed by atoms with van der Waals surface area (Å²) in [5.41, 5.74) is 3.78. The number of pyridine rings is 1. The molecule has 3 aromatic heterocycles. The number of thiophene rings is 1. The molecule has 0 aliphatic carbocycles. The largest absolute Gasteiger partial charge is 0.489 e. The predicted octanol–water partition coefficient (Wildman–Crippen LogP) is 4.24. The first-order valence-electron chi connectivity index (χ1n) is 8.90. The highest BCUT2D eigenvalue weighted by molar-refractivity contribution is 7.10. The average Bonchev–Trinajstić information content (AvgIpc) is 3.23. The summed E-state index contributed by atoms with van der Waals surface area (Å²) >= 11 is 1.69. The first-order chi connectivity index (χ1) is 13.0. The standard InChI is InChI=1S/C21H21N3O2S/c1-4-20-22-18-6-5-16(10-19(18)23(20)3)24-8-7-17(11-21(24)25)26-12-15-9-14(2)27-13-15/h5-11,13H,4,12H2,1-3H3. The quantitative estimate of drug-likeness (QED) is 0.521. The van der Waals surface area contributed by atoms with Crippen molar-refractivity contribution in [1.29, 1.82) is 0 Å². The molecule has 0 unspecified atom stereocenters. The SMILES string of the molecule is CCc1nc2ccc(-n3ccc(OCc4csc(C)c4)cc3=O)cc2n1C. The lowest BCUT2D eigenvalue weighted by Crippen LogP contribution is -2.16. The predicted molar refractivity (Wildman–Crippen MR) is 109 cm³/mol. The van der Waals surface area contributed by atoms with E-state index in [0.717, 1.165) is 34.5 Å². The van der Waals surface area contributed by atoms with Gasteiger partial charge in [0, 0.05) is 36.2 Å². The summed E-state index contributed by atoms with van der Waals surface area (Å²) in [7, 11) is 2.00. The molecule has 0 radical (unpaired) electrons. The van der Waals surface area contributed by atoms with Crippen molar-refractivity contribution in [2.75, 3.05) is 0 Å². The molecule has 6 heteroatoms. The van der Waals surface area contributed by atoms with Gasteiger partial charge in [0.05, 0.1) is 16.7 Å². The summed E-state index contributed by atoms with van der Waals surface area (Å²) in [6.07, 6.45) is 2.63. The minimum Gasteiger partial charge on any atom is -0.489 e. The van der Waals surface area contributed by atoms with Crippen molar-refractivity contribution in [2.45, 2.75) is 26.9 Å². The van der Waals surface area contributed by atoms with Crippen LogP contribution in [0.1, 0.15) is 23.2 Å². The second kappa shape index (κ2) is 7.04. The van der Waals surface area contributed by atoms with E-state index in [1.54, 1.807) is 22.1 Å². The molecule has 0 atom stereocenters. The average molecular weight is 379 g/mol. The molecule has 0 fully saturated rings. The van der Waals surface area contributed by atoms with E-state index < -0.39 is 0 Å². The number of rotatable bonds is 5. The molecule has 0 N–H and O–H groups in total. The molecule has 5 nitrogen and oxygen atoms in total. The Kier molecular flexibility index (Phi) is 4.58. The second-order valence-electron chi connectivity index (χ2n) is 6.54. The molecule has 0 amide bonds. The third-order valence-corrected chi connectivity index (χ3v) is 5.54. The van der Waals surface area contributed by atoms with E-state index in [1.165, 1.54) is 10.9 Å². The highest BCUT2D eigenvalue weighted by atomic mass is 32.1. The number of hydrogen-bond acceptors (Lipinski definition) is 4. The third-order valence-electron chi connectivity index (χ3n) is 4.63. The van der Waals surface area contributed by atoms with Crippen molar-refractivity contribution in [3.8, 4) is 11.4 Å². The van der Waals surface area contributed by atoms with Crippen LogP contribution in [0, 0.1) is 6.92 Å². The van der Waals surface area contributed by atoms with E-state index in [2.05, 4.69) is 34.8 Å². The molecule has 138 valence electrons. The van der Waals surface area contributed by atoms with Crippen LogP contribution in [0.3, 0.4) is 0 Å². The molecular formula is C21H21N3O2S. The monoisotopic (exact) mass is 379 g/mol. The van der Waals surface area contributed by atoms with Crippen molar-refractivity contribution < 1.29 is 4.74 Å². The number of aryl methyl sites for hydroxylation is 3. The number of nitrogens with zero attached hydrogens (tertiary/aromatic N) is 3. The Balaban J connectivity index is 1.61. The number of aromatic nitrogens is 3. The highest BCUT2D eigenvalue weighted by Gasteiger charge is 2.09. The number of benzene rings is 1. The lowest BCUT2D eigenvalue weighted by Gasteiger charge is -2.09. The maximum Gasteiger partial charge on any atom is 0.258 e. The van der Waals surface area contributed by atoms with Crippen LogP contribution in [0.5, 0.6) is 5.75 Å². The zero-order valence-electron chi connectivity index (χ0n) is 15.6. The lowest BCUT2D eigenvalue weighted by molar-refractivity contribution is 0.305. The van der Waals surface area contributed by atoms with Gasteiger partial charge in [-0.15, -0.1) is 11.3 Å². The molecule has 3 heterocycles. The molecule has 0 saturated heterocycles. The van der Waals surface area contributed by atoms with Gasteiger partial charge in [0.1, 0.15) is 18.2 Å². The van der Waals surface area contributed by atoms with Crippen molar-refractivity contribution in [3.63, 3.8) is 0 Å². The molecule has 4 rings (SSSR count). The Morgan fingerprint density at radius 2 is 2.04 bits per heavy atom. The molecular weight excluding hydrogens is 358 g/mol. The lowest BCUT2D eigenvalue weighted by atomic mass is 10.2. The summed E-state index contributed by atoms with van der Waals surface area (Å²) in [5, 5.41) is 2.07. The van der Waals surface area contributed by atoms with E-state index in [4.69, 9.17) is 4.74 Å². The number of imidazole rings is 1. The van der Waals surface area contributed by atoms with Crippen molar-refractivity contribution in [3.05, 3.63) is 74.6 Å². The van der Waals surface area contributed by atoms with Gasteiger partial charge in [0.15, 0.2) is 0 Å². The van der Waals surface area contributed by atoms with E-state index in [1.807, 2.05) is 31.3 Å². The smallest absolute Gasteiger partial charge is 0.258 e. The van der Waals surface area contributed by atoms with Gasteiger partial charge in [-0.25, -0.2) is 4.98 Å². The van der Waals surface area contributed by atoms with E-state index in [0.29, 0.717) is 12.4 Å². The Bertz CT molecular complexity index is 1170. The fourth-order valence-electron chi connectivity index (χ4n) is 3.20. The van der Waals surface area contributed by atoms with Gasteiger partial charge >= 0.3 is 0 Å². The van der Waals surface area contributed by atoms with Crippen LogP contribution >= 0.6 is 11.3 Å². The van der Waals surface area contributed by atoms with E-state index in [-0.39, 0.29) is 5.56 Å². The summed E-state index contributed by atoms with van der Waals surface area (Å²) in [6, 6.07) is 11.3. The van der Waals surface area contributed by atoms with Crippen molar-refractivity contribution in [1.82, 2.24) is 14.1 Å². The summed E-state index contributed by atoms with van der Waals surface area (Å²) in [5.74, 6) is 1.61. The van der Waals surface area contributed by atoms with Gasteiger partial charge in [-0.2, -0.15) is 0 Å². The normalized spacial score (nSPS) is 11.2. The molecule has 0 spiro atoms. The molecule has 0 bridgehead atoms. The minimum absolute atomic E-state index is 0.119. The van der Waals surface area contributed by atoms with Gasteiger partial charge in [-0.3, -0.25) is 9.36 Å². The van der Waals surface area contributed by atoms with Crippen LogP contribution in [-0.2, 0) is 20.1 Å². The zero-order chi connectivity index (χ0) is 19.0. The maximum atomic E-state index is 12.6. The number of ether oxygens (including phenoxy) is 1. The molecule has 1 aromatic carbocycles. The second-order valence-corrected chi connectivity index (χ2v) is 7.65. The molecule has 0 aliphatic heterocycles. The maximum absolute atomic E-state index is 12.6. The Hall–Kier alpha value is -2.86. The first-order valence-corrected chi connectivity index (χ1v) is 9.78. The van der Waals surface area contributed by atoms with Gasteiger partial charge in [0.2, 0.25) is 0 Å². The third kappa shape index (κ3) is 3.40. The Morgan fingerprint density at radius 3 is 2.74 bits per heavy atom. The topological polar surface area (TPSA) is 49.1 Å². The minimum atomic E-state index is -0.119. The Morgan fingerprint density at radius 1 is 1.19 bits per heavy atom. The van der Waals surface area contributed by atoms with Crippen LogP contribution in [0.2, 0.25) is 0 Å². The molecule has 27 heavy (non-hydrogen) atoms. The van der Waals surface area contributed by atoms with Crippen LogP contribution < -0.4 is 10.3 Å². The van der Waals surface area contributed by atoms with Gasteiger partial charge in [-0.05, 0) is 42.6 Å². The van der Waals surface area contributed by atoms with Gasteiger partial charge in [-0.1, -0.05) is 6.92 Å². The number of fused-ring (bicyclic) bond motifs is 1. The van der Waals surface area contributed by atoms with Crippen molar-refractivity contribution >= 4 is 22.4 Å². The van der Waals surface area contributed by atoms with Crippen LogP contribution in [0.15, 0.2) is 52.8 Å². The number of hydrogen-bond donors (Lipinski definition) is 0. The summed E-state index contributed by atoms with van der Waals surface area (Å²) in [4.78, 5) is 18.5. The van der Waals surface area contributed by atoms with Crippen LogP contribution in [-0.4, -0.2) is 14.1 Å². The fraction of sp³-hybridized carbons (Fsp3) is 0.238. The fourth-order valence-corrected chi connectivity index (χ4v) is 3.89. The first kappa shape index (κ1) is 17.5. The zero-order valence-corrected chi connectivity index (χ0v) is 16.4.